The summed E-state index contributed by atoms with van der Waals surface area (Å²) in [6.07, 6.45) is 0. The highest BCUT2D eigenvalue weighted by atomic mass is 32.1. The number of thiophene rings is 1. The maximum atomic E-state index is 10.5. The number of carbonyl (C=O) groups is 1. The summed E-state index contributed by atoms with van der Waals surface area (Å²) < 4.78 is 4.79. The van der Waals surface area contributed by atoms with E-state index in [4.69, 9.17) is 9.52 Å². The van der Waals surface area contributed by atoms with E-state index < -0.39 is 16.8 Å². The molecule has 0 saturated heterocycles. The van der Waals surface area contributed by atoms with Gasteiger partial charge in [-0.25, -0.2) is 4.79 Å². The predicted octanol–water partition coefficient (Wildman–Crippen LogP) is 1.40. The van der Waals surface area contributed by atoms with Crippen molar-refractivity contribution in [3.05, 3.63) is 28.1 Å². The van der Waals surface area contributed by atoms with Crippen molar-refractivity contribution in [2.45, 2.75) is 0 Å². The summed E-state index contributed by atoms with van der Waals surface area (Å²) in [6, 6.07) is 2.70. The van der Waals surface area contributed by atoms with Crippen molar-refractivity contribution in [3.8, 4) is 10.8 Å². The minimum atomic E-state index is -1.34. The quantitative estimate of drug-likeness (QED) is 0.636. The number of nitrogens with zero attached hydrogens (tertiary/aromatic N) is 3. The Labute approximate surface area is 91.3 Å². The summed E-state index contributed by atoms with van der Waals surface area (Å²) in [5.74, 6) is -1.94. The van der Waals surface area contributed by atoms with Gasteiger partial charge >= 0.3 is 16.9 Å². The fourth-order valence-corrected chi connectivity index (χ4v) is 1.69. The molecule has 2 heterocycles. The molecule has 2 aromatic heterocycles. The van der Waals surface area contributed by atoms with Crippen molar-refractivity contribution in [1.29, 1.82) is 0 Å². The summed E-state index contributed by atoms with van der Waals surface area (Å²) in [5, 5.41) is 25.6. The Bertz CT molecular complexity index is 510. The first-order valence-corrected chi connectivity index (χ1v) is 4.71. The molecule has 8 nitrogen and oxygen atoms in total. The molecule has 16 heavy (non-hydrogen) atoms. The van der Waals surface area contributed by atoms with Gasteiger partial charge in [0.25, 0.3) is 5.89 Å². The van der Waals surface area contributed by atoms with Gasteiger partial charge in [0.2, 0.25) is 0 Å². The highest BCUT2D eigenvalue weighted by Gasteiger charge is 2.18. The van der Waals surface area contributed by atoms with Gasteiger partial charge in [-0.1, -0.05) is 11.3 Å². The Balaban J connectivity index is 2.35. The van der Waals surface area contributed by atoms with Crippen LogP contribution in [0.3, 0.4) is 0 Å². The Morgan fingerprint density at radius 1 is 1.50 bits per heavy atom. The molecule has 0 atom stereocenters. The molecule has 0 aliphatic rings. The average Bonchev–Trinajstić information content (AvgIpc) is 2.86. The molecule has 82 valence electrons. The van der Waals surface area contributed by atoms with Gasteiger partial charge in [0, 0.05) is 6.07 Å². The van der Waals surface area contributed by atoms with Gasteiger partial charge in [0.1, 0.15) is 0 Å². The maximum Gasteiger partial charge on any atom is 0.393 e. The molecule has 0 spiro atoms. The fraction of sp³-hybridized carbons (Fsp3) is 0. The number of carboxylic acid groups (broad SMARTS) is 1. The molecule has 0 bridgehead atoms. The summed E-state index contributed by atoms with van der Waals surface area (Å²) in [7, 11) is 0. The van der Waals surface area contributed by atoms with Crippen LogP contribution in [0.1, 0.15) is 10.7 Å². The molecule has 0 aromatic carbocycles. The van der Waals surface area contributed by atoms with Gasteiger partial charge in [-0.3, -0.25) is 10.1 Å². The lowest BCUT2D eigenvalue weighted by atomic mass is 10.5. The van der Waals surface area contributed by atoms with E-state index in [9.17, 15) is 14.9 Å². The summed E-state index contributed by atoms with van der Waals surface area (Å²) in [4.78, 5) is 20.7. The lowest BCUT2D eigenvalue weighted by Gasteiger charge is -1.84. The topological polar surface area (TPSA) is 119 Å². The minimum Gasteiger partial charge on any atom is -0.474 e. The lowest BCUT2D eigenvalue weighted by molar-refractivity contribution is -0.380. The highest BCUT2D eigenvalue weighted by molar-refractivity contribution is 7.18. The zero-order valence-electron chi connectivity index (χ0n) is 7.48. The van der Waals surface area contributed by atoms with Crippen molar-refractivity contribution in [1.82, 2.24) is 10.2 Å². The smallest absolute Gasteiger partial charge is 0.393 e. The van der Waals surface area contributed by atoms with E-state index >= 15 is 0 Å². The summed E-state index contributed by atoms with van der Waals surface area (Å²) in [6.45, 7) is 0. The normalized spacial score (nSPS) is 10.2. The first-order valence-electron chi connectivity index (χ1n) is 3.89. The van der Waals surface area contributed by atoms with Crippen LogP contribution in [0.4, 0.5) is 5.00 Å². The van der Waals surface area contributed by atoms with Crippen LogP contribution in [0.2, 0.25) is 0 Å². The number of rotatable bonds is 3. The largest absolute Gasteiger partial charge is 0.474 e. The van der Waals surface area contributed by atoms with Gasteiger partial charge in [-0.2, -0.15) is 0 Å². The number of carboxylic acids is 1. The second kappa shape index (κ2) is 3.70. The molecule has 1 N–H and O–H groups in total. The molecule has 0 aliphatic carbocycles. The second-order valence-corrected chi connectivity index (χ2v) is 3.67. The van der Waals surface area contributed by atoms with Crippen molar-refractivity contribution in [3.63, 3.8) is 0 Å². The Morgan fingerprint density at radius 3 is 2.75 bits per heavy atom. The summed E-state index contributed by atoms with van der Waals surface area (Å²) >= 11 is 0.831. The van der Waals surface area contributed by atoms with Crippen molar-refractivity contribution in [2.75, 3.05) is 0 Å². The van der Waals surface area contributed by atoms with E-state index in [1.54, 1.807) is 0 Å². The highest BCUT2D eigenvalue weighted by Crippen LogP contribution is 2.31. The van der Waals surface area contributed by atoms with E-state index in [0.29, 0.717) is 4.88 Å². The molecule has 0 saturated carbocycles. The SMILES string of the molecule is O=C(O)c1nnc(-c2ccc([N+](=O)[O-])s2)o1. The molecule has 0 amide bonds. The molecular weight excluding hydrogens is 238 g/mol. The third-order valence-electron chi connectivity index (χ3n) is 1.59. The van der Waals surface area contributed by atoms with Crippen LogP contribution < -0.4 is 0 Å². The number of nitro groups is 1. The van der Waals surface area contributed by atoms with E-state index in [1.807, 2.05) is 0 Å². The predicted molar refractivity (Wildman–Crippen MR) is 51.2 cm³/mol. The van der Waals surface area contributed by atoms with E-state index in [2.05, 4.69) is 10.2 Å². The van der Waals surface area contributed by atoms with Crippen LogP contribution >= 0.6 is 11.3 Å². The molecule has 9 heteroatoms. The van der Waals surface area contributed by atoms with E-state index in [0.717, 1.165) is 11.3 Å². The Morgan fingerprint density at radius 2 is 2.25 bits per heavy atom. The van der Waals surface area contributed by atoms with Crippen LogP contribution in [0.25, 0.3) is 10.8 Å². The average molecular weight is 241 g/mol. The van der Waals surface area contributed by atoms with Gasteiger partial charge in [-0.05, 0) is 6.07 Å². The number of aromatic carboxylic acids is 1. The number of hydrogen-bond donors (Lipinski definition) is 1. The standard InChI is InChI=1S/C7H3N3O5S/c11-7(12)6-9-8-5(15-6)3-1-2-4(16-3)10(13)14/h1-2H,(H,11,12). The summed E-state index contributed by atoms with van der Waals surface area (Å²) in [5.41, 5.74) is 0. The van der Waals surface area contributed by atoms with Crippen LogP contribution in [0, 0.1) is 10.1 Å². The Kier molecular flexibility index (Phi) is 2.37. The zero-order chi connectivity index (χ0) is 11.7. The number of aromatic nitrogens is 2. The van der Waals surface area contributed by atoms with Crippen molar-refractivity contribution in [2.24, 2.45) is 0 Å². The number of hydrogen-bond acceptors (Lipinski definition) is 7. The van der Waals surface area contributed by atoms with E-state index in [-0.39, 0.29) is 10.9 Å². The fourth-order valence-electron chi connectivity index (χ4n) is 0.950. The van der Waals surface area contributed by atoms with Gasteiger partial charge in [-0.15, -0.1) is 10.2 Å². The molecule has 0 radical (unpaired) electrons. The van der Waals surface area contributed by atoms with Crippen LogP contribution in [0.15, 0.2) is 16.5 Å². The zero-order valence-corrected chi connectivity index (χ0v) is 8.30. The van der Waals surface area contributed by atoms with E-state index in [1.165, 1.54) is 12.1 Å². The monoisotopic (exact) mass is 241 g/mol. The first kappa shape index (κ1) is 10.2. The van der Waals surface area contributed by atoms with Crippen molar-refractivity contribution < 1.29 is 19.2 Å². The second-order valence-electron chi connectivity index (χ2n) is 2.61. The van der Waals surface area contributed by atoms with Crippen LogP contribution in [0.5, 0.6) is 0 Å². The molecule has 0 fully saturated rings. The Hall–Kier alpha value is -2.29. The molecule has 0 unspecified atom stereocenters. The van der Waals surface area contributed by atoms with Gasteiger partial charge in [0.05, 0.1) is 9.80 Å². The third kappa shape index (κ3) is 1.75. The molecule has 2 aromatic rings. The lowest BCUT2D eigenvalue weighted by Crippen LogP contribution is -1.95. The van der Waals surface area contributed by atoms with Crippen molar-refractivity contribution >= 4 is 22.3 Å². The minimum absolute atomic E-state index is 0.0458. The van der Waals surface area contributed by atoms with Crippen LogP contribution in [-0.4, -0.2) is 26.2 Å². The van der Waals surface area contributed by atoms with Crippen LogP contribution in [-0.2, 0) is 0 Å². The molecule has 2 rings (SSSR count). The molecule has 0 aliphatic heterocycles. The maximum absolute atomic E-state index is 10.5. The first-order chi connectivity index (χ1) is 7.58. The van der Waals surface area contributed by atoms with Gasteiger partial charge < -0.3 is 9.52 Å². The third-order valence-corrected chi connectivity index (χ3v) is 2.62. The van der Waals surface area contributed by atoms with Gasteiger partial charge in [0.15, 0.2) is 0 Å². The molecular formula is C7H3N3O5S.